The summed E-state index contributed by atoms with van der Waals surface area (Å²) in [6.45, 7) is 0.402. The van der Waals surface area contributed by atoms with Gasteiger partial charge in [-0.3, -0.25) is 19.3 Å². The predicted molar refractivity (Wildman–Crippen MR) is 110 cm³/mol. The zero-order valence-electron chi connectivity index (χ0n) is 16.5. The van der Waals surface area contributed by atoms with Gasteiger partial charge >= 0.3 is 0 Å². The number of benzene rings is 2. The molecule has 5 heteroatoms. The lowest BCUT2D eigenvalue weighted by Crippen LogP contribution is -2.43. The second-order valence-electron chi connectivity index (χ2n) is 8.47. The van der Waals surface area contributed by atoms with Crippen molar-refractivity contribution >= 4 is 28.5 Å². The van der Waals surface area contributed by atoms with Gasteiger partial charge in [0.05, 0.1) is 11.8 Å². The maximum Gasteiger partial charge on any atom is 0.242 e. The number of hydrogen-bond donors (Lipinski definition) is 0. The van der Waals surface area contributed by atoms with Crippen LogP contribution in [0.4, 0.5) is 0 Å². The fraction of sp³-hybridized carbons (Fsp3) is 0.375. The summed E-state index contributed by atoms with van der Waals surface area (Å²) in [5.74, 6) is -0.651. The number of hydrogen-bond acceptors (Lipinski definition) is 3. The average Bonchev–Trinajstić information content (AvgIpc) is 3.42. The Labute approximate surface area is 170 Å². The lowest BCUT2D eigenvalue weighted by molar-refractivity contribution is -0.146. The highest BCUT2D eigenvalue weighted by molar-refractivity contribution is 6.08. The Bertz CT molecular complexity index is 1010. The highest BCUT2D eigenvalue weighted by atomic mass is 16.2. The Kier molecular flexibility index (Phi) is 4.26. The number of nitrogens with zero attached hydrogens (tertiary/aromatic N) is 2. The van der Waals surface area contributed by atoms with Crippen LogP contribution in [0.3, 0.4) is 0 Å². The van der Waals surface area contributed by atoms with Crippen LogP contribution in [0.25, 0.3) is 10.8 Å². The molecule has 0 aromatic heterocycles. The molecule has 5 rings (SSSR count). The molecule has 3 amide bonds. The van der Waals surface area contributed by atoms with Crippen molar-refractivity contribution < 1.29 is 14.4 Å². The van der Waals surface area contributed by atoms with Crippen molar-refractivity contribution in [3.63, 3.8) is 0 Å². The number of carbonyl (C=O) groups is 3. The molecule has 29 heavy (non-hydrogen) atoms. The van der Waals surface area contributed by atoms with Gasteiger partial charge in [0.1, 0.15) is 6.54 Å². The van der Waals surface area contributed by atoms with Gasteiger partial charge in [-0.25, -0.2) is 0 Å². The summed E-state index contributed by atoms with van der Waals surface area (Å²) in [7, 11) is 1.74. The second kappa shape index (κ2) is 6.83. The van der Waals surface area contributed by atoms with E-state index in [1.54, 1.807) is 11.9 Å². The Morgan fingerprint density at radius 2 is 1.66 bits per heavy atom. The molecular formula is C24H24N2O3. The van der Waals surface area contributed by atoms with E-state index < -0.39 is 0 Å². The molecule has 148 valence electrons. The molecule has 1 saturated heterocycles. The maximum atomic E-state index is 12.8. The predicted octanol–water partition coefficient (Wildman–Crippen LogP) is 2.65. The summed E-state index contributed by atoms with van der Waals surface area (Å²) >= 11 is 0. The Balaban J connectivity index is 1.23. The Morgan fingerprint density at radius 3 is 2.38 bits per heavy atom. The van der Waals surface area contributed by atoms with Crippen LogP contribution in [0.15, 0.2) is 54.6 Å². The molecule has 2 fully saturated rings. The number of likely N-dealkylation sites (tertiary alicyclic amines) is 1. The van der Waals surface area contributed by atoms with Crippen molar-refractivity contribution in [2.24, 2.45) is 23.7 Å². The van der Waals surface area contributed by atoms with Gasteiger partial charge in [0, 0.05) is 13.6 Å². The van der Waals surface area contributed by atoms with E-state index in [0.29, 0.717) is 6.54 Å². The van der Waals surface area contributed by atoms with E-state index in [-0.39, 0.29) is 47.9 Å². The van der Waals surface area contributed by atoms with Crippen LogP contribution in [-0.4, -0.2) is 47.7 Å². The molecule has 5 nitrogen and oxygen atoms in total. The SMILES string of the molecule is CN(CCc1cccc2ccccc12)C(=O)CN1C(=O)[C@@H]2[C@@H](C1=O)[C@H]1C=C[C@H]2C1. The van der Waals surface area contributed by atoms with Crippen molar-refractivity contribution in [3.05, 3.63) is 60.2 Å². The Hall–Kier alpha value is -2.95. The van der Waals surface area contributed by atoms with E-state index in [0.717, 1.165) is 12.8 Å². The van der Waals surface area contributed by atoms with Gasteiger partial charge in [-0.05, 0) is 41.0 Å². The zero-order chi connectivity index (χ0) is 20.1. The van der Waals surface area contributed by atoms with Gasteiger partial charge in [-0.1, -0.05) is 54.6 Å². The van der Waals surface area contributed by atoms with Gasteiger partial charge in [-0.15, -0.1) is 0 Å². The summed E-state index contributed by atoms with van der Waals surface area (Å²) in [4.78, 5) is 41.1. The number of allylic oxidation sites excluding steroid dienone is 2. The summed E-state index contributed by atoms with van der Waals surface area (Å²) in [5.41, 5.74) is 1.19. The maximum absolute atomic E-state index is 12.8. The van der Waals surface area contributed by atoms with Crippen LogP contribution in [0.2, 0.25) is 0 Å². The van der Waals surface area contributed by atoms with Crippen LogP contribution >= 0.6 is 0 Å². The van der Waals surface area contributed by atoms with E-state index >= 15 is 0 Å². The molecule has 2 aromatic rings. The van der Waals surface area contributed by atoms with Crippen LogP contribution in [0.1, 0.15) is 12.0 Å². The zero-order valence-corrected chi connectivity index (χ0v) is 16.5. The second-order valence-corrected chi connectivity index (χ2v) is 8.47. The van der Waals surface area contributed by atoms with Crippen LogP contribution in [-0.2, 0) is 20.8 Å². The summed E-state index contributed by atoms with van der Waals surface area (Å²) in [6, 6.07) is 14.4. The van der Waals surface area contributed by atoms with Crippen LogP contribution in [0.5, 0.6) is 0 Å². The third-order valence-corrected chi connectivity index (χ3v) is 6.88. The average molecular weight is 388 g/mol. The molecule has 3 aliphatic rings. The molecule has 0 N–H and O–H groups in total. The summed E-state index contributed by atoms with van der Waals surface area (Å²) < 4.78 is 0. The van der Waals surface area contributed by atoms with E-state index in [1.165, 1.54) is 21.2 Å². The third-order valence-electron chi connectivity index (χ3n) is 6.88. The van der Waals surface area contributed by atoms with Gasteiger partial charge in [0.15, 0.2) is 0 Å². The number of likely N-dealkylation sites (N-methyl/N-ethyl adjacent to an activating group) is 1. The third kappa shape index (κ3) is 2.87. The molecule has 1 aliphatic heterocycles. The number of imide groups is 1. The fourth-order valence-electron chi connectivity index (χ4n) is 5.30. The van der Waals surface area contributed by atoms with Gasteiger partial charge in [0.25, 0.3) is 0 Å². The minimum atomic E-state index is -0.244. The number of rotatable bonds is 5. The number of fused-ring (bicyclic) bond motifs is 6. The highest BCUT2D eigenvalue weighted by Crippen LogP contribution is 2.52. The molecule has 1 heterocycles. The molecule has 4 atom stereocenters. The first-order valence-corrected chi connectivity index (χ1v) is 10.3. The van der Waals surface area contributed by atoms with Crippen molar-refractivity contribution in [2.75, 3.05) is 20.1 Å². The molecule has 1 saturated carbocycles. The van der Waals surface area contributed by atoms with Gasteiger partial charge in [-0.2, -0.15) is 0 Å². The van der Waals surface area contributed by atoms with Crippen LogP contribution in [0, 0.1) is 23.7 Å². The molecule has 0 radical (unpaired) electrons. The monoisotopic (exact) mass is 388 g/mol. The molecule has 2 aromatic carbocycles. The first-order chi connectivity index (χ1) is 14.0. The minimum absolute atomic E-state index is 0.143. The quantitative estimate of drug-likeness (QED) is 0.585. The van der Waals surface area contributed by atoms with E-state index in [4.69, 9.17) is 0 Å². The summed E-state index contributed by atoms with van der Waals surface area (Å²) in [6.07, 6.45) is 5.77. The smallest absolute Gasteiger partial charge is 0.242 e. The van der Waals surface area contributed by atoms with Gasteiger partial charge < -0.3 is 4.90 Å². The minimum Gasteiger partial charge on any atom is -0.344 e. The first kappa shape index (κ1) is 18.1. The number of carbonyl (C=O) groups excluding carboxylic acids is 3. The van der Waals surface area contributed by atoms with Gasteiger partial charge in [0.2, 0.25) is 17.7 Å². The topological polar surface area (TPSA) is 57.7 Å². The van der Waals surface area contributed by atoms with Crippen molar-refractivity contribution in [1.29, 1.82) is 0 Å². The standard InChI is InChI=1S/C24H24N2O3/c1-25(12-11-16-7-4-6-15-5-2-3-8-19(15)16)20(27)14-26-23(28)21-17-9-10-18(13-17)22(21)24(26)29/h2-10,17-18,21-22H,11-14H2,1H3/t17-,18-,21-,22-/m0/s1. The first-order valence-electron chi connectivity index (χ1n) is 10.3. The van der Waals surface area contributed by atoms with Crippen LogP contribution < -0.4 is 0 Å². The van der Waals surface area contributed by atoms with E-state index in [1.807, 2.05) is 18.2 Å². The van der Waals surface area contributed by atoms with E-state index in [9.17, 15) is 14.4 Å². The normalized spacial score (nSPS) is 27.1. The molecule has 2 aliphatic carbocycles. The molecule has 2 bridgehead atoms. The lowest BCUT2D eigenvalue weighted by atomic mass is 9.85. The number of amides is 3. The largest absolute Gasteiger partial charge is 0.344 e. The Morgan fingerprint density at radius 1 is 1.00 bits per heavy atom. The fourth-order valence-corrected chi connectivity index (χ4v) is 5.30. The molecule has 0 unspecified atom stereocenters. The van der Waals surface area contributed by atoms with Crippen molar-refractivity contribution in [3.8, 4) is 0 Å². The lowest BCUT2D eigenvalue weighted by Gasteiger charge is -2.22. The van der Waals surface area contributed by atoms with Crippen molar-refractivity contribution in [2.45, 2.75) is 12.8 Å². The summed E-state index contributed by atoms with van der Waals surface area (Å²) in [5, 5.41) is 2.37. The van der Waals surface area contributed by atoms with E-state index in [2.05, 4.69) is 36.4 Å². The van der Waals surface area contributed by atoms with Crippen molar-refractivity contribution in [1.82, 2.24) is 9.80 Å². The molecular weight excluding hydrogens is 364 g/mol. The highest BCUT2D eigenvalue weighted by Gasteiger charge is 2.59. The molecule has 0 spiro atoms.